The number of alkyl halides is 1. The van der Waals surface area contributed by atoms with Crippen LogP contribution >= 0.6 is 0 Å². The highest BCUT2D eigenvalue weighted by Crippen LogP contribution is 2.33. The van der Waals surface area contributed by atoms with Crippen LogP contribution in [-0.2, 0) is 7.05 Å². The van der Waals surface area contributed by atoms with Crippen molar-refractivity contribution in [2.45, 2.75) is 13.1 Å². The number of rotatable bonds is 2. The van der Waals surface area contributed by atoms with Crippen LogP contribution in [0.5, 0.6) is 0 Å². The molecule has 3 nitrogen and oxygen atoms in total. The van der Waals surface area contributed by atoms with Gasteiger partial charge in [-0.2, -0.15) is 5.10 Å². The minimum absolute atomic E-state index is 0.687. The van der Waals surface area contributed by atoms with Crippen molar-refractivity contribution in [1.82, 2.24) is 14.8 Å². The molecule has 19 heavy (non-hydrogen) atoms. The zero-order chi connectivity index (χ0) is 13.4. The van der Waals surface area contributed by atoms with E-state index >= 15 is 0 Å². The average Bonchev–Trinajstić information content (AvgIpc) is 2.83. The average molecular weight is 255 g/mol. The summed E-state index contributed by atoms with van der Waals surface area (Å²) in [4.78, 5) is 4.11. The molecule has 0 N–H and O–H groups in total. The third kappa shape index (κ3) is 2.10. The molecule has 2 heterocycles. The number of hydrogen-bond donors (Lipinski definition) is 0. The summed E-state index contributed by atoms with van der Waals surface area (Å²) >= 11 is 0. The van der Waals surface area contributed by atoms with Gasteiger partial charge in [-0.1, -0.05) is 0 Å². The lowest BCUT2D eigenvalue weighted by atomic mass is 9.96. The molecule has 96 valence electrons. The molecule has 1 unspecified atom stereocenters. The van der Waals surface area contributed by atoms with E-state index in [1.165, 1.54) is 0 Å². The van der Waals surface area contributed by atoms with Crippen LogP contribution < -0.4 is 0 Å². The van der Waals surface area contributed by atoms with E-state index in [4.69, 9.17) is 0 Å². The van der Waals surface area contributed by atoms with Gasteiger partial charge in [0.05, 0.1) is 6.20 Å². The molecule has 1 aromatic carbocycles. The molecule has 3 rings (SSSR count). The van der Waals surface area contributed by atoms with Crippen LogP contribution in [0.3, 0.4) is 0 Å². The van der Waals surface area contributed by atoms with Gasteiger partial charge in [0.2, 0.25) is 0 Å². The van der Waals surface area contributed by atoms with Crippen LogP contribution in [0, 0.1) is 0 Å². The minimum atomic E-state index is -1.02. The van der Waals surface area contributed by atoms with Gasteiger partial charge in [0.15, 0.2) is 0 Å². The maximum atomic E-state index is 13.9. The van der Waals surface area contributed by atoms with E-state index in [2.05, 4.69) is 10.1 Å². The van der Waals surface area contributed by atoms with Crippen molar-refractivity contribution in [2.24, 2.45) is 7.05 Å². The van der Waals surface area contributed by atoms with Gasteiger partial charge in [-0.05, 0) is 41.6 Å². The van der Waals surface area contributed by atoms with Crippen LogP contribution in [0.1, 0.15) is 18.7 Å². The highest BCUT2D eigenvalue weighted by Gasteiger charge is 2.13. The minimum Gasteiger partial charge on any atom is -0.275 e. The van der Waals surface area contributed by atoms with Gasteiger partial charge in [0.1, 0.15) is 6.17 Å². The Bertz CT molecular complexity index is 731. The first-order chi connectivity index (χ1) is 9.15. The second kappa shape index (κ2) is 4.46. The number of aromatic nitrogens is 3. The van der Waals surface area contributed by atoms with Crippen molar-refractivity contribution in [3.8, 4) is 11.1 Å². The Hall–Kier alpha value is -2.23. The van der Waals surface area contributed by atoms with Crippen LogP contribution in [0.15, 0.2) is 43.0 Å². The summed E-state index contributed by atoms with van der Waals surface area (Å²) in [6, 6.07) is 5.77. The highest BCUT2D eigenvalue weighted by atomic mass is 19.1. The van der Waals surface area contributed by atoms with Crippen LogP contribution in [0.2, 0.25) is 0 Å². The van der Waals surface area contributed by atoms with Crippen molar-refractivity contribution in [3.63, 3.8) is 0 Å². The van der Waals surface area contributed by atoms with Crippen molar-refractivity contribution in [1.29, 1.82) is 0 Å². The third-order valence-electron chi connectivity index (χ3n) is 3.25. The number of aryl methyl sites for hydroxylation is 1. The lowest BCUT2D eigenvalue weighted by molar-refractivity contribution is 0.375. The third-order valence-corrected chi connectivity index (χ3v) is 3.25. The number of hydrogen-bond acceptors (Lipinski definition) is 2. The fraction of sp³-hybridized carbons (Fsp3) is 0.200. The summed E-state index contributed by atoms with van der Waals surface area (Å²) in [5.41, 5.74) is 2.49. The summed E-state index contributed by atoms with van der Waals surface area (Å²) in [6.07, 6.45) is 6.14. The zero-order valence-electron chi connectivity index (χ0n) is 10.8. The van der Waals surface area contributed by atoms with Crippen molar-refractivity contribution in [2.75, 3.05) is 0 Å². The van der Waals surface area contributed by atoms with Crippen molar-refractivity contribution >= 4 is 10.8 Å². The molecule has 0 saturated heterocycles. The lowest BCUT2D eigenvalue weighted by Crippen LogP contribution is -1.92. The SMILES string of the molecule is CC(F)c1cc2ccncc2cc1-c1cnn(C)c1. The first-order valence-corrected chi connectivity index (χ1v) is 6.16. The van der Waals surface area contributed by atoms with Crippen molar-refractivity contribution in [3.05, 3.63) is 48.5 Å². The molecule has 0 aliphatic rings. The summed E-state index contributed by atoms with van der Waals surface area (Å²) in [6.45, 7) is 1.56. The Balaban J connectivity index is 2.29. The van der Waals surface area contributed by atoms with Gasteiger partial charge < -0.3 is 0 Å². The molecule has 1 atom stereocenters. The lowest BCUT2D eigenvalue weighted by Gasteiger charge is -2.11. The topological polar surface area (TPSA) is 30.7 Å². The second-order valence-corrected chi connectivity index (χ2v) is 4.68. The molecule has 4 heteroatoms. The van der Waals surface area contributed by atoms with Gasteiger partial charge in [-0.3, -0.25) is 9.67 Å². The Labute approximate surface area is 110 Å². The van der Waals surface area contributed by atoms with Crippen LogP contribution in [0.4, 0.5) is 4.39 Å². The predicted molar refractivity (Wildman–Crippen MR) is 73.5 cm³/mol. The van der Waals surface area contributed by atoms with Crippen LogP contribution in [0.25, 0.3) is 21.9 Å². The molecular weight excluding hydrogens is 241 g/mol. The number of halogens is 1. The molecule has 0 bridgehead atoms. The smallest absolute Gasteiger partial charge is 0.123 e. The zero-order valence-corrected chi connectivity index (χ0v) is 10.8. The Morgan fingerprint density at radius 1 is 1.21 bits per heavy atom. The van der Waals surface area contributed by atoms with Gasteiger partial charge in [-0.15, -0.1) is 0 Å². The quantitative estimate of drug-likeness (QED) is 0.699. The molecule has 0 radical (unpaired) electrons. The second-order valence-electron chi connectivity index (χ2n) is 4.68. The molecule has 0 amide bonds. The highest BCUT2D eigenvalue weighted by molar-refractivity contribution is 5.88. The monoisotopic (exact) mass is 255 g/mol. The maximum Gasteiger partial charge on any atom is 0.123 e. The van der Waals surface area contributed by atoms with E-state index in [0.29, 0.717) is 5.56 Å². The van der Waals surface area contributed by atoms with Crippen LogP contribution in [-0.4, -0.2) is 14.8 Å². The molecule has 0 fully saturated rings. The molecule has 0 aliphatic carbocycles. The Morgan fingerprint density at radius 2 is 2.05 bits per heavy atom. The first-order valence-electron chi connectivity index (χ1n) is 6.16. The van der Waals surface area contributed by atoms with E-state index in [1.807, 2.05) is 31.4 Å². The molecule has 2 aromatic heterocycles. The summed E-state index contributed by atoms with van der Waals surface area (Å²) < 4.78 is 15.6. The van der Waals surface area contributed by atoms with Gasteiger partial charge >= 0.3 is 0 Å². The van der Waals surface area contributed by atoms with Gasteiger partial charge in [-0.25, -0.2) is 4.39 Å². The fourth-order valence-corrected chi connectivity index (χ4v) is 2.29. The summed E-state index contributed by atoms with van der Waals surface area (Å²) in [5.74, 6) is 0. The normalized spacial score (nSPS) is 12.8. The summed E-state index contributed by atoms with van der Waals surface area (Å²) in [5, 5.41) is 6.16. The van der Waals surface area contributed by atoms with E-state index in [-0.39, 0.29) is 0 Å². The Morgan fingerprint density at radius 3 is 2.74 bits per heavy atom. The standard InChI is InChI=1S/C15H14FN3/c1-10(16)14-5-11-3-4-17-7-12(11)6-15(14)13-8-18-19(2)9-13/h3-10H,1-2H3. The molecule has 0 aliphatic heterocycles. The molecule has 0 saturated carbocycles. The van der Waals surface area contributed by atoms with E-state index in [0.717, 1.165) is 21.9 Å². The molecular formula is C15H14FN3. The van der Waals surface area contributed by atoms with Gasteiger partial charge in [0.25, 0.3) is 0 Å². The fourth-order valence-electron chi connectivity index (χ4n) is 2.29. The number of pyridine rings is 1. The molecule has 0 spiro atoms. The van der Waals surface area contributed by atoms with E-state index < -0.39 is 6.17 Å². The number of benzene rings is 1. The number of nitrogens with zero attached hydrogens (tertiary/aromatic N) is 3. The van der Waals surface area contributed by atoms with E-state index in [9.17, 15) is 4.39 Å². The van der Waals surface area contributed by atoms with Crippen molar-refractivity contribution < 1.29 is 4.39 Å². The number of fused-ring (bicyclic) bond motifs is 1. The predicted octanol–water partition coefficient (Wildman–Crippen LogP) is 3.67. The largest absolute Gasteiger partial charge is 0.275 e. The van der Waals surface area contributed by atoms with Gasteiger partial charge in [0, 0.05) is 36.6 Å². The molecule has 3 aromatic rings. The maximum absolute atomic E-state index is 13.9. The first kappa shape index (κ1) is 11.8. The summed E-state index contributed by atoms with van der Waals surface area (Å²) in [7, 11) is 1.85. The Kier molecular flexibility index (Phi) is 2.78. The van der Waals surface area contributed by atoms with E-state index in [1.54, 1.807) is 30.2 Å².